The van der Waals surface area contributed by atoms with Gasteiger partial charge in [0.25, 0.3) is 0 Å². The Labute approximate surface area is 82.8 Å². The third-order valence-electron chi connectivity index (χ3n) is 1.78. The first-order valence-corrected chi connectivity index (χ1v) is 4.62. The second kappa shape index (κ2) is 4.87. The van der Waals surface area contributed by atoms with Gasteiger partial charge in [-0.1, -0.05) is 42.2 Å². The summed E-state index contributed by atoms with van der Waals surface area (Å²) in [4.78, 5) is 0. The van der Waals surface area contributed by atoms with Crippen LogP contribution in [0.2, 0.25) is 5.02 Å². The fourth-order valence-electron chi connectivity index (χ4n) is 1.13. The van der Waals surface area contributed by atoms with E-state index in [9.17, 15) is 0 Å². The SMILES string of the molecule is CCC/C(=N/O)c1ccc(Cl)cc1. The summed E-state index contributed by atoms with van der Waals surface area (Å²) in [5.41, 5.74) is 1.63. The molecule has 1 rings (SSSR count). The van der Waals surface area contributed by atoms with Gasteiger partial charge in [0.05, 0.1) is 5.71 Å². The molecule has 70 valence electrons. The van der Waals surface area contributed by atoms with Crippen LogP contribution in [0.4, 0.5) is 0 Å². The molecule has 0 heterocycles. The van der Waals surface area contributed by atoms with Crippen LogP contribution in [-0.2, 0) is 0 Å². The first-order valence-electron chi connectivity index (χ1n) is 4.24. The van der Waals surface area contributed by atoms with E-state index in [1.54, 1.807) is 12.1 Å². The molecule has 2 nitrogen and oxygen atoms in total. The van der Waals surface area contributed by atoms with Gasteiger partial charge in [0, 0.05) is 5.02 Å². The summed E-state index contributed by atoms with van der Waals surface area (Å²) < 4.78 is 0. The molecule has 0 amide bonds. The summed E-state index contributed by atoms with van der Waals surface area (Å²) in [7, 11) is 0. The van der Waals surface area contributed by atoms with Crippen molar-refractivity contribution in [3.05, 3.63) is 34.9 Å². The summed E-state index contributed by atoms with van der Waals surface area (Å²) in [6.45, 7) is 2.04. The van der Waals surface area contributed by atoms with Crippen LogP contribution in [0.15, 0.2) is 29.4 Å². The summed E-state index contributed by atoms with van der Waals surface area (Å²) in [6.07, 6.45) is 1.74. The molecule has 0 unspecified atom stereocenters. The highest BCUT2D eigenvalue weighted by atomic mass is 35.5. The van der Waals surface area contributed by atoms with Crippen LogP contribution in [0.1, 0.15) is 25.3 Å². The van der Waals surface area contributed by atoms with Crippen molar-refractivity contribution in [2.45, 2.75) is 19.8 Å². The van der Waals surface area contributed by atoms with Crippen molar-refractivity contribution in [1.29, 1.82) is 0 Å². The predicted molar refractivity (Wildman–Crippen MR) is 54.7 cm³/mol. The minimum atomic E-state index is 0.692. The fourth-order valence-corrected chi connectivity index (χ4v) is 1.26. The van der Waals surface area contributed by atoms with E-state index in [0.717, 1.165) is 18.4 Å². The molecule has 0 aliphatic rings. The van der Waals surface area contributed by atoms with E-state index in [1.165, 1.54) is 0 Å². The van der Waals surface area contributed by atoms with Gasteiger partial charge in [-0.25, -0.2) is 0 Å². The van der Waals surface area contributed by atoms with Gasteiger partial charge in [-0.3, -0.25) is 0 Å². The lowest BCUT2D eigenvalue weighted by Gasteiger charge is -2.02. The molecular formula is C10H12ClNO. The van der Waals surface area contributed by atoms with Crippen molar-refractivity contribution in [3.8, 4) is 0 Å². The third-order valence-corrected chi connectivity index (χ3v) is 2.04. The smallest absolute Gasteiger partial charge is 0.0867 e. The van der Waals surface area contributed by atoms with Crippen LogP contribution < -0.4 is 0 Å². The maximum absolute atomic E-state index is 8.73. The van der Waals surface area contributed by atoms with Crippen LogP contribution in [0.25, 0.3) is 0 Å². The number of oxime groups is 1. The minimum Gasteiger partial charge on any atom is -0.411 e. The molecule has 0 saturated carbocycles. The lowest BCUT2D eigenvalue weighted by Crippen LogP contribution is -1.99. The molecule has 3 heteroatoms. The van der Waals surface area contributed by atoms with Crippen molar-refractivity contribution in [2.24, 2.45) is 5.16 Å². The zero-order valence-electron chi connectivity index (χ0n) is 7.50. The Hall–Kier alpha value is -1.02. The van der Waals surface area contributed by atoms with Crippen molar-refractivity contribution >= 4 is 17.3 Å². The van der Waals surface area contributed by atoms with Gasteiger partial charge in [0.1, 0.15) is 0 Å². The highest BCUT2D eigenvalue weighted by Gasteiger charge is 2.02. The summed E-state index contributed by atoms with van der Waals surface area (Å²) >= 11 is 5.73. The lowest BCUT2D eigenvalue weighted by molar-refractivity contribution is 0.318. The molecule has 0 aromatic heterocycles. The molecule has 0 bridgehead atoms. The van der Waals surface area contributed by atoms with Crippen molar-refractivity contribution in [3.63, 3.8) is 0 Å². The van der Waals surface area contributed by atoms with Gasteiger partial charge in [-0.15, -0.1) is 0 Å². The minimum absolute atomic E-state index is 0.692. The largest absolute Gasteiger partial charge is 0.411 e. The number of rotatable bonds is 3. The summed E-state index contributed by atoms with van der Waals surface area (Å²) in [6, 6.07) is 7.29. The Balaban J connectivity index is 2.87. The van der Waals surface area contributed by atoms with Gasteiger partial charge >= 0.3 is 0 Å². The maximum Gasteiger partial charge on any atom is 0.0867 e. The standard InChI is InChI=1S/C10H12ClNO/c1-2-3-10(12-13)8-4-6-9(11)7-5-8/h4-7,13H,2-3H2,1H3/b12-10-. The average Bonchev–Trinajstić information content (AvgIpc) is 2.16. The van der Waals surface area contributed by atoms with Gasteiger partial charge in [0.2, 0.25) is 0 Å². The third kappa shape index (κ3) is 2.74. The van der Waals surface area contributed by atoms with E-state index in [2.05, 4.69) is 5.16 Å². The van der Waals surface area contributed by atoms with Gasteiger partial charge in [0.15, 0.2) is 0 Å². The number of nitrogens with zero attached hydrogens (tertiary/aromatic N) is 1. The van der Waals surface area contributed by atoms with Crippen LogP contribution in [0, 0.1) is 0 Å². The molecule has 13 heavy (non-hydrogen) atoms. The molecule has 0 radical (unpaired) electrons. The van der Waals surface area contributed by atoms with E-state index in [1.807, 2.05) is 19.1 Å². The van der Waals surface area contributed by atoms with Crippen LogP contribution in [0.5, 0.6) is 0 Å². The van der Waals surface area contributed by atoms with Crippen molar-refractivity contribution in [1.82, 2.24) is 0 Å². The summed E-state index contributed by atoms with van der Waals surface area (Å²) in [5, 5.41) is 12.7. The second-order valence-corrected chi connectivity index (χ2v) is 3.24. The molecule has 0 aliphatic carbocycles. The molecule has 1 aromatic rings. The molecule has 1 N–H and O–H groups in total. The van der Waals surface area contributed by atoms with E-state index >= 15 is 0 Å². The first kappa shape index (κ1) is 10.1. The lowest BCUT2D eigenvalue weighted by atomic mass is 10.1. The Morgan fingerprint density at radius 2 is 2.00 bits per heavy atom. The Kier molecular flexibility index (Phi) is 3.77. The zero-order chi connectivity index (χ0) is 9.68. The van der Waals surface area contributed by atoms with Gasteiger partial charge in [-0.2, -0.15) is 0 Å². The molecule has 1 aromatic carbocycles. The molecule has 0 atom stereocenters. The maximum atomic E-state index is 8.73. The predicted octanol–water partition coefficient (Wildman–Crippen LogP) is 3.32. The van der Waals surface area contributed by atoms with E-state index in [4.69, 9.17) is 16.8 Å². The van der Waals surface area contributed by atoms with Crippen LogP contribution in [-0.4, -0.2) is 10.9 Å². The Bertz CT molecular complexity index is 292. The highest BCUT2D eigenvalue weighted by molar-refractivity contribution is 6.30. The summed E-state index contributed by atoms with van der Waals surface area (Å²) in [5.74, 6) is 0. The quantitative estimate of drug-likeness (QED) is 0.450. The zero-order valence-corrected chi connectivity index (χ0v) is 8.25. The van der Waals surface area contributed by atoms with Crippen LogP contribution in [0.3, 0.4) is 0 Å². The van der Waals surface area contributed by atoms with E-state index in [0.29, 0.717) is 10.7 Å². The van der Waals surface area contributed by atoms with E-state index < -0.39 is 0 Å². The monoisotopic (exact) mass is 197 g/mol. The first-order chi connectivity index (χ1) is 6.27. The van der Waals surface area contributed by atoms with Crippen LogP contribution >= 0.6 is 11.6 Å². The van der Waals surface area contributed by atoms with Crippen molar-refractivity contribution in [2.75, 3.05) is 0 Å². The molecule has 0 fully saturated rings. The topological polar surface area (TPSA) is 32.6 Å². The highest BCUT2D eigenvalue weighted by Crippen LogP contribution is 2.12. The second-order valence-electron chi connectivity index (χ2n) is 2.80. The molecule has 0 saturated heterocycles. The van der Waals surface area contributed by atoms with Gasteiger partial charge in [-0.05, 0) is 24.1 Å². The van der Waals surface area contributed by atoms with Crippen molar-refractivity contribution < 1.29 is 5.21 Å². The van der Waals surface area contributed by atoms with E-state index in [-0.39, 0.29) is 0 Å². The molecule has 0 spiro atoms. The van der Waals surface area contributed by atoms with Gasteiger partial charge < -0.3 is 5.21 Å². The normalized spacial score (nSPS) is 11.7. The number of hydrogen-bond donors (Lipinski definition) is 1. The number of hydrogen-bond acceptors (Lipinski definition) is 2. The number of benzene rings is 1. The molecular weight excluding hydrogens is 186 g/mol. The average molecular weight is 198 g/mol. The Morgan fingerprint density at radius 1 is 1.38 bits per heavy atom. The number of halogens is 1. The fraction of sp³-hybridized carbons (Fsp3) is 0.300. The molecule has 0 aliphatic heterocycles. The Morgan fingerprint density at radius 3 is 2.46 bits per heavy atom.